The van der Waals surface area contributed by atoms with Gasteiger partial charge in [-0.25, -0.2) is 0 Å². The summed E-state index contributed by atoms with van der Waals surface area (Å²) in [5.74, 6) is 0.377. The van der Waals surface area contributed by atoms with Gasteiger partial charge in [0, 0.05) is 11.6 Å². The Balaban J connectivity index is 2.22. The van der Waals surface area contributed by atoms with Crippen molar-refractivity contribution < 1.29 is 14.4 Å². The quantitative estimate of drug-likeness (QED) is 0.869. The molecule has 1 heterocycles. The first-order chi connectivity index (χ1) is 8.61. The van der Waals surface area contributed by atoms with Crippen LogP contribution in [0.1, 0.15) is 27.2 Å². The van der Waals surface area contributed by atoms with Crippen molar-refractivity contribution in [3.05, 3.63) is 46.7 Å². The first-order valence-electron chi connectivity index (χ1n) is 5.56. The van der Waals surface area contributed by atoms with Crippen LogP contribution < -0.4 is 5.32 Å². The summed E-state index contributed by atoms with van der Waals surface area (Å²) in [6.45, 7) is 3.51. The summed E-state index contributed by atoms with van der Waals surface area (Å²) in [6.07, 6.45) is 0. The molecule has 0 aliphatic rings. The zero-order chi connectivity index (χ0) is 13.1. The van der Waals surface area contributed by atoms with Crippen LogP contribution in [-0.4, -0.2) is 16.2 Å². The van der Waals surface area contributed by atoms with Crippen molar-refractivity contribution in [2.45, 2.75) is 20.5 Å². The monoisotopic (exact) mass is 246 g/mol. The number of hydrogen-bond acceptors (Lipinski definition) is 4. The van der Waals surface area contributed by atoms with Crippen LogP contribution in [0.25, 0.3) is 0 Å². The standard InChI is InChI=1S/C13H14N2O3/c1-8-4-3-5-9(2)12(8)13(17)14-11-6-10(7-16)18-15-11/h3-6,16H,7H2,1-2H3,(H,14,15,17). The average Bonchev–Trinajstić information content (AvgIpc) is 2.76. The van der Waals surface area contributed by atoms with Crippen molar-refractivity contribution in [2.24, 2.45) is 0 Å². The molecule has 18 heavy (non-hydrogen) atoms. The Labute approximate surface area is 104 Å². The lowest BCUT2D eigenvalue weighted by Gasteiger charge is -2.08. The third kappa shape index (κ3) is 2.41. The topological polar surface area (TPSA) is 75.4 Å². The van der Waals surface area contributed by atoms with E-state index >= 15 is 0 Å². The highest BCUT2D eigenvalue weighted by Gasteiger charge is 2.13. The molecular formula is C13H14N2O3. The fourth-order valence-corrected chi connectivity index (χ4v) is 1.80. The van der Waals surface area contributed by atoms with Crippen LogP contribution in [0.15, 0.2) is 28.8 Å². The van der Waals surface area contributed by atoms with Gasteiger partial charge in [-0.3, -0.25) is 4.79 Å². The molecule has 0 bridgehead atoms. The van der Waals surface area contributed by atoms with Crippen LogP contribution in [0.3, 0.4) is 0 Å². The molecular weight excluding hydrogens is 232 g/mol. The first-order valence-corrected chi connectivity index (χ1v) is 5.56. The summed E-state index contributed by atoms with van der Waals surface area (Å²) in [5.41, 5.74) is 2.43. The number of aryl methyl sites for hydroxylation is 2. The van der Waals surface area contributed by atoms with Crippen molar-refractivity contribution in [3.8, 4) is 0 Å². The van der Waals surface area contributed by atoms with Gasteiger partial charge in [0.1, 0.15) is 6.61 Å². The molecule has 5 heteroatoms. The van der Waals surface area contributed by atoms with Crippen LogP contribution in [0, 0.1) is 13.8 Å². The minimum atomic E-state index is -0.244. The van der Waals surface area contributed by atoms with Gasteiger partial charge in [-0.1, -0.05) is 23.4 Å². The Morgan fingerprint density at radius 3 is 2.61 bits per heavy atom. The molecule has 0 aliphatic heterocycles. The molecule has 1 amide bonds. The van der Waals surface area contributed by atoms with Crippen molar-refractivity contribution in [1.29, 1.82) is 0 Å². The van der Waals surface area contributed by atoms with E-state index in [0.717, 1.165) is 11.1 Å². The van der Waals surface area contributed by atoms with Gasteiger partial charge in [-0.05, 0) is 25.0 Å². The summed E-state index contributed by atoms with van der Waals surface area (Å²) in [7, 11) is 0. The SMILES string of the molecule is Cc1cccc(C)c1C(=O)Nc1cc(CO)on1. The number of carbonyl (C=O) groups is 1. The number of hydrogen-bond donors (Lipinski definition) is 2. The fraction of sp³-hybridized carbons (Fsp3) is 0.231. The highest BCUT2D eigenvalue weighted by molar-refractivity contribution is 6.05. The van der Waals surface area contributed by atoms with E-state index in [2.05, 4.69) is 10.5 Å². The lowest BCUT2D eigenvalue weighted by atomic mass is 10.0. The Morgan fingerprint density at radius 1 is 1.39 bits per heavy atom. The molecule has 0 saturated heterocycles. The van der Waals surface area contributed by atoms with E-state index in [0.29, 0.717) is 17.1 Å². The molecule has 0 aliphatic carbocycles. The highest BCUT2D eigenvalue weighted by Crippen LogP contribution is 2.16. The molecule has 2 rings (SSSR count). The largest absolute Gasteiger partial charge is 0.388 e. The van der Waals surface area contributed by atoms with Crippen LogP contribution in [-0.2, 0) is 6.61 Å². The predicted molar refractivity (Wildman–Crippen MR) is 66.3 cm³/mol. The Morgan fingerprint density at radius 2 is 2.06 bits per heavy atom. The molecule has 2 N–H and O–H groups in total. The zero-order valence-electron chi connectivity index (χ0n) is 10.2. The molecule has 0 radical (unpaired) electrons. The lowest BCUT2D eigenvalue weighted by Crippen LogP contribution is -2.15. The number of nitrogens with one attached hydrogen (secondary N) is 1. The average molecular weight is 246 g/mol. The van der Waals surface area contributed by atoms with E-state index in [1.165, 1.54) is 6.07 Å². The highest BCUT2D eigenvalue weighted by atomic mass is 16.5. The molecule has 1 aromatic heterocycles. The molecule has 0 atom stereocenters. The second kappa shape index (κ2) is 5.01. The van der Waals surface area contributed by atoms with Crippen molar-refractivity contribution >= 4 is 11.7 Å². The fourth-order valence-electron chi connectivity index (χ4n) is 1.80. The smallest absolute Gasteiger partial charge is 0.257 e. The number of carbonyl (C=O) groups excluding carboxylic acids is 1. The van der Waals surface area contributed by atoms with Crippen molar-refractivity contribution in [1.82, 2.24) is 5.16 Å². The van der Waals surface area contributed by atoms with Crippen LogP contribution in [0.2, 0.25) is 0 Å². The number of rotatable bonds is 3. The summed E-state index contributed by atoms with van der Waals surface area (Å²) in [6, 6.07) is 7.15. The van der Waals surface area contributed by atoms with E-state index in [1.807, 2.05) is 32.0 Å². The van der Waals surface area contributed by atoms with Gasteiger partial charge in [0.05, 0.1) is 0 Å². The third-order valence-electron chi connectivity index (χ3n) is 2.66. The van der Waals surface area contributed by atoms with E-state index < -0.39 is 0 Å². The Hall–Kier alpha value is -2.14. The number of aromatic nitrogens is 1. The number of anilines is 1. The van der Waals surface area contributed by atoms with E-state index in [4.69, 9.17) is 9.63 Å². The molecule has 94 valence electrons. The van der Waals surface area contributed by atoms with E-state index in [1.54, 1.807) is 0 Å². The maximum absolute atomic E-state index is 12.1. The number of benzene rings is 1. The summed E-state index contributed by atoms with van der Waals surface area (Å²) < 4.78 is 4.80. The minimum Gasteiger partial charge on any atom is -0.388 e. The molecule has 5 nitrogen and oxygen atoms in total. The Bertz CT molecular complexity index is 555. The van der Waals surface area contributed by atoms with Crippen molar-refractivity contribution in [2.75, 3.05) is 5.32 Å². The summed E-state index contributed by atoms with van der Waals surface area (Å²) in [4.78, 5) is 12.1. The predicted octanol–water partition coefficient (Wildman–Crippen LogP) is 2.04. The van der Waals surface area contributed by atoms with Crippen LogP contribution >= 0.6 is 0 Å². The maximum Gasteiger partial charge on any atom is 0.257 e. The van der Waals surface area contributed by atoms with Gasteiger partial charge in [-0.15, -0.1) is 0 Å². The van der Waals surface area contributed by atoms with Gasteiger partial charge in [0.2, 0.25) is 0 Å². The molecule has 2 aromatic rings. The van der Waals surface area contributed by atoms with Gasteiger partial charge >= 0.3 is 0 Å². The molecule has 0 saturated carbocycles. The maximum atomic E-state index is 12.1. The number of nitrogens with zero attached hydrogens (tertiary/aromatic N) is 1. The summed E-state index contributed by atoms with van der Waals surface area (Å²) >= 11 is 0. The normalized spacial score (nSPS) is 10.4. The van der Waals surface area contributed by atoms with Crippen LogP contribution in [0.4, 0.5) is 5.82 Å². The molecule has 0 fully saturated rings. The molecule has 1 aromatic carbocycles. The van der Waals surface area contributed by atoms with Crippen molar-refractivity contribution in [3.63, 3.8) is 0 Å². The first kappa shape index (κ1) is 12.3. The van der Waals surface area contributed by atoms with Gasteiger partial charge in [-0.2, -0.15) is 0 Å². The summed E-state index contributed by atoms with van der Waals surface area (Å²) in [5, 5.41) is 15.1. The lowest BCUT2D eigenvalue weighted by molar-refractivity contribution is 0.102. The second-order valence-electron chi connectivity index (χ2n) is 4.06. The number of aliphatic hydroxyl groups is 1. The van der Waals surface area contributed by atoms with Gasteiger partial charge in [0.15, 0.2) is 11.6 Å². The number of amides is 1. The zero-order valence-corrected chi connectivity index (χ0v) is 10.2. The Kier molecular flexibility index (Phi) is 3.43. The van der Waals surface area contributed by atoms with Crippen LogP contribution in [0.5, 0.6) is 0 Å². The minimum absolute atomic E-state index is 0.233. The van der Waals surface area contributed by atoms with Gasteiger partial charge < -0.3 is 14.9 Å². The number of aliphatic hydroxyl groups excluding tert-OH is 1. The third-order valence-corrected chi connectivity index (χ3v) is 2.66. The van der Waals surface area contributed by atoms with E-state index in [-0.39, 0.29) is 12.5 Å². The van der Waals surface area contributed by atoms with Gasteiger partial charge in [0.25, 0.3) is 5.91 Å². The van der Waals surface area contributed by atoms with E-state index in [9.17, 15) is 4.79 Å². The molecule has 0 spiro atoms. The second-order valence-corrected chi connectivity index (χ2v) is 4.06. The molecule has 0 unspecified atom stereocenters.